The summed E-state index contributed by atoms with van der Waals surface area (Å²) >= 11 is 2.87. The van der Waals surface area contributed by atoms with Crippen LogP contribution in [0.1, 0.15) is 40.7 Å². The smallest absolute Gasteiger partial charge is 0.258 e. The van der Waals surface area contributed by atoms with E-state index < -0.39 is 0 Å². The third-order valence-electron chi connectivity index (χ3n) is 2.51. The lowest BCUT2D eigenvalue weighted by Gasteiger charge is -1.99. The van der Waals surface area contributed by atoms with Gasteiger partial charge in [0.15, 0.2) is 5.13 Å². The minimum atomic E-state index is -0.160. The third kappa shape index (κ3) is 3.67. The average molecular weight is 305 g/mol. The predicted molar refractivity (Wildman–Crippen MR) is 84.4 cm³/mol. The molecule has 2 rings (SSSR count). The summed E-state index contributed by atoms with van der Waals surface area (Å²) in [6.07, 6.45) is 0. The van der Waals surface area contributed by atoms with Crippen molar-refractivity contribution in [2.75, 3.05) is 11.9 Å². The maximum atomic E-state index is 12.1. The molecule has 3 N–H and O–H groups in total. The van der Waals surface area contributed by atoms with E-state index >= 15 is 0 Å². The molecule has 2 aromatic rings. The lowest BCUT2D eigenvalue weighted by atomic mass is 10.2. The summed E-state index contributed by atoms with van der Waals surface area (Å²) in [6.45, 7) is 4.46. The molecule has 0 aliphatic carbocycles. The molecule has 0 fully saturated rings. The molecule has 0 aliphatic heterocycles. The van der Waals surface area contributed by atoms with Crippen molar-refractivity contribution in [3.05, 3.63) is 33.0 Å². The van der Waals surface area contributed by atoms with Gasteiger partial charge in [-0.3, -0.25) is 10.1 Å². The molecule has 4 nitrogen and oxygen atoms in total. The van der Waals surface area contributed by atoms with Gasteiger partial charge in [-0.05, 0) is 12.0 Å². The van der Waals surface area contributed by atoms with Crippen molar-refractivity contribution in [3.8, 4) is 11.8 Å². The number of carbonyl (C=O) groups is 1. The molecule has 0 saturated carbocycles. The van der Waals surface area contributed by atoms with Crippen LogP contribution in [0.2, 0.25) is 0 Å². The molecule has 0 aromatic carbocycles. The molecule has 0 bridgehead atoms. The molecule has 0 radical (unpaired) electrons. The minimum Gasteiger partial charge on any atom is -0.320 e. The topological polar surface area (TPSA) is 68.0 Å². The number of nitrogens with one attached hydrogen (secondary N) is 1. The van der Waals surface area contributed by atoms with Gasteiger partial charge in [0.1, 0.15) is 0 Å². The summed E-state index contributed by atoms with van der Waals surface area (Å²) in [7, 11) is 0. The van der Waals surface area contributed by atoms with Crippen molar-refractivity contribution in [1.29, 1.82) is 0 Å². The minimum absolute atomic E-state index is 0.160. The molecule has 104 valence electrons. The molecule has 0 atom stereocenters. The van der Waals surface area contributed by atoms with Crippen LogP contribution in [0.15, 0.2) is 16.8 Å². The summed E-state index contributed by atoms with van der Waals surface area (Å²) in [5.74, 6) is 5.88. The zero-order valence-corrected chi connectivity index (χ0v) is 12.9. The number of hydrogen-bond acceptors (Lipinski definition) is 5. The molecule has 0 unspecified atom stereocenters. The van der Waals surface area contributed by atoms with Crippen molar-refractivity contribution < 1.29 is 4.79 Å². The van der Waals surface area contributed by atoms with Crippen LogP contribution in [0, 0.1) is 11.8 Å². The molecule has 20 heavy (non-hydrogen) atoms. The highest BCUT2D eigenvalue weighted by atomic mass is 32.1. The summed E-state index contributed by atoms with van der Waals surface area (Å²) in [4.78, 5) is 17.3. The van der Waals surface area contributed by atoms with Gasteiger partial charge in [0.25, 0.3) is 5.91 Å². The molecule has 0 saturated heterocycles. The van der Waals surface area contributed by atoms with Crippen LogP contribution in [0.25, 0.3) is 0 Å². The fourth-order valence-electron chi connectivity index (χ4n) is 1.44. The number of thiazole rings is 1. The molecule has 0 spiro atoms. The molecule has 2 heterocycles. The van der Waals surface area contributed by atoms with Crippen molar-refractivity contribution in [2.24, 2.45) is 5.73 Å². The summed E-state index contributed by atoms with van der Waals surface area (Å²) in [5, 5.41) is 7.18. The number of hydrogen-bond donors (Lipinski definition) is 2. The van der Waals surface area contributed by atoms with Crippen LogP contribution < -0.4 is 11.1 Å². The van der Waals surface area contributed by atoms with Gasteiger partial charge in [0.2, 0.25) is 0 Å². The van der Waals surface area contributed by atoms with Crippen molar-refractivity contribution in [3.63, 3.8) is 0 Å². The summed E-state index contributed by atoms with van der Waals surface area (Å²) in [6, 6.07) is 1.76. The van der Waals surface area contributed by atoms with E-state index in [2.05, 4.69) is 36.0 Å². The molecule has 1 amide bonds. The standard InChI is InChI=1S/C14H15N3OS2/c1-9(2)12-8-20-14(16-12)17-13(18)10-6-11(19-7-10)4-3-5-15/h6-9H,5,15H2,1-2H3,(H,16,17,18). The summed E-state index contributed by atoms with van der Waals surface area (Å²) in [5.41, 5.74) is 6.90. The Morgan fingerprint density at radius 2 is 2.25 bits per heavy atom. The van der Waals surface area contributed by atoms with Gasteiger partial charge < -0.3 is 5.73 Å². The number of rotatable bonds is 3. The number of thiophene rings is 1. The van der Waals surface area contributed by atoms with E-state index in [1.165, 1.54) is 22.7 Å². The lowest BCUT2D eigenvalue weighted by molar-refractivity contribution is 0.102. The van der Waals surface area contributed by atoms with Crippen molar-refractivity contribution >= 4 is 33.7 Å². The first-order valence-corrected chi connectivity index (χ1v) is 7.90. The molecular weight excluding hydrogens is 290 g/mol. The van der Waals surface area contributed by atoms with Crippen LogP contribution in [-0.2, 0) is 0 Å². The highest BCUT2D eigenvalue weighted by molar-refractivity contribution is 7.14. The Labute approximate surface area is 126 Å². The summed E-state index contributed by atoms with van der Waals surface area (Å²) < 4.78 is 0. The Bertz CT molecular complexity index is 661. The second kappa shape index (κ2) is 6.66. The average Bonchev–Trinajstić information content (AvgIpc) is 3.04. The number of anilines is 1. The Kier molecular flexibility index (Phi) is 4.90. The van der Waals surface area contributed by atoms with Gasteiger partial charge in [-0.15, -0.1) is 22.7 Å². The number of nitrogens with two attached hydrogens (primary N) is 1. The van der Waals surface area contributed by atoms with E-state index in [0.29, 0.717) is 23.2 Å². The Balaban J connectivity index is 2.05. The van der Waals surface area contributed by atoms with E-state index in [9.17, 15) is 4.79 Å². The first-order chi connectivity index (χ1) is 9.60. The Morgan fingerprint density at radius 3 is 2.90 bits per heavy atom. The van der Waals surface area contributed by atoms with Gasteiger partial charge in [-0.25, -0.2) is 4.98 Å². The SMILES string of the molecule is CC(C)c1csc(NC(=O)c2csc(C#CCN)c2)n1. The maximum Gasteiger partial charge on any atom is 0.258 e. The first-order valence-electron chi connectivity index (χ1n) is 6.14. The van der Waals surface area contributed by atoms with E-state index in [4.69, 9.17) is 5.73 Å². The number of carbonyl (C=O) groups excluding carboxylic acids is 1. The van der Waals surface area contributed by atoms with Gasteiger partial charge in [-0.1, -0.05) is 25.7 Å². The lowest BCUT2D eigenvalue weighted by Crippen LogP contribution is -2.10. The van der Waals surface area contributed by atoms with E-state index in [1.807, 2.05) is 5.38 Å². The second-order valence-electron chi connectivity index (χ2n) is 4.39. The highest BCUT2D eigenvalue weighted by Gasteiger charge is 2.11. The number of amides is 1. The van der Waals surface area contributed by atoms with E-state index in [0.717, 1.165) is 10.6 Å². The van der Waals surface area contributed by atoms with Crippen LogP contribution in [0.4, 0.5) is 5.13 Å². The van der Waals surface area contributed by atoms with Crippen LogP contribution in [0.5, 0.6) is 0 Å². The number of nitrogens with zero attached hydrogens (tertiary/aromatic N) is 1. The number of aromatic nitrogens is 1. The van der Waals surface area contributed by atoms with Crippen molar-refractivity contribution in [1.82, 2.24) is 4.98 Å². The fourth-order valence-corrected chi connectivity index (χ4v) is 3.06. The Hall–Kier alpha value is -1.68. The third-order valence-corrected chi connectivity index (χ3v) is 4.13. The fraction of sp³-hybridized carbons (Fsp3) is 0.286. The quantitative estimate of drug-likeness (QED) is 0.857. The van der Waals surface area contributed by atoms with Crippen molar-refractivity contribution in [2.45, 2.75) is 19.8 Å². The second-order valence-corrected chi connectivity index (χ2v) is 6.16. The predicted octanol–water partition coefficient (Wildman–Crippen LogP) is 2.89. The maximum absolute atomic E-state index is 12.1. The molecular formula is C14H15N3OS2. The first kappa shape index (κ1) is 14.7. The monoisotopic (exact) mass is 305 g/mol. The van der Waals surface area contributed by atoms with Crippen LogP contribution in [-0.4, -0.2) is 17.4 Å². The highest BCUT2D eigenvalue weighted by Crippen LogP contribution is 2.22. The van der Waals surface area contributed by atoms with Gasteiger partial charge in [-0.2, -0.15) is 0 Å². The van der Waals surface area contributed by atoms with Gasteiger partial charge in [0.05, 0.1) is 22.7 Å². The molecule has 2 aromatic heterocycles. The largest absolute Gasteiger partial charge is 0.320 e. The van der Waals surface area contributed by atoms with Gasteiger partial charge >= 0.3 is 0 Å². The molecule has 6 heteroatoms. The molecule has 0 aliphatic rings. The van der Waals surface area contributed by atoms with E-state index in [-0.39, 0.29) is 5.91 Å². The zero-order valence-electron chi connectivity index (χ0n) is 11.3. The van der Waals surface area contributed by atoms with Crippen LogP contribution >= 0.6 is 22.7 Å². The van der Waals surface area contributed by atoms with E-state index in [1.54, 1.807) is 11.4 Å². The normalized spacial score (nSPS) is 10.2. The van der Waals surface area contributed by atoms with Gasteiger partial charge in [0, 0.05) is 10.8 Å². The van der Waals surface area contributed by atoms with Crippen LogP contribution in [0.3, 0.4) is 0 Å². The zero-order chi connectivity index (χ0) is 14.5. The Morgan fingerprint density at radius 1 is 1.45 bits per heavy atom.